The summed E-state index contributed by atoms with van der Waals surface area (Å²) in [7, 11) is 0. The first-order chi connectivity index (χ1) is 14.0. The van der Waals surface area contributed by atoms with Gasteiger partial charge < -0.3 is 10.2 Å². The Morgan fingerprint density at radius 2 is 1.93 bits per heavy atom. The first-order valence-corrected chi connectivity index (χ1v) is 10.3. The predicted molar refractivity (Wildman–Crippen MR) is 115 cm³/mol. The molecule has 3 aromatic rings. The zero-order valence-electron chi connectivity index (χ0n) is 16.1. The number of anilines is 1. The molecule has 2 heterocycles. The smallest absolute Gasteiger partial charge is 0.276 e. The number of hydrogen-bond acceptors (Lipinski definition) is 3. The van der Waals surface area contributed by atoms with E-state index in [2.05, 4.69) is 26.3 Å². The molecule has 0 atom stereocenters. The van der Waals surface area contributed by atoms with Gasteiger partial charge in [0.05, 0.1) is 5.69 Å². The van der Waals surface area contributed by atoms with E-state index in [-0.39, 0.29) is 17.5 Å². The van der Waals surface area contributed by atoms with Crippen LogP contribution < -0.4 is 5.32 Å². The lowest BCUT2D eigenvalue weighted by atomic mass is 10.2. The van der Waals surface area contributed by atoms with Crippen LogP contribution in [0.3, 0.4) is 0 Å². The number of carbonyl (C=O) groups is 2. The molecular weight excluding hydrogens is 432 g/mol. The molecule has 1 aromatic heterocycles. The van der Waals surface area contributed by atoms with Gasteiger partial charge in [-0.3, -0.25) is 14.3 Å². The zero-order valence-corrected chi connectivity index (χ0v) is 17.6. The minimum absolute atomic E-state index is 0.102. The normalized spacial score (nSPS) is 13.7. The van der Waals surface area contributed by atoms with Crippen LogP contribution in [0.25, 0.3) is 0 Å². The van der Waals surface area contributed by atoms with Crippen molar-refractivity contribution in [3.63, 3.8) is 0 Å². The standard InChI is InChI=1S/C22H21BrN4O2/c1-15-8-9-18(17(23)12-15)24-21(28)19-13-20-22(29)26(10-5-11-27(20)25-19)14-16-6-3-2-4-7-16/h2-4,6-9,12-13H,5,10-11,14H2,1H3,(H,24,28). The molecular formula is C22H21BrN4O2. The summed E-state index contributed by atoms with van der Waals surface area (Å²) in [6.07, 6.45) is 0.790. The lowest BCUT2D eigenvalue weighted by Crippen LogP contribution is -2.30. The Balaban J connectivity index is 1.54. The van der Waals surface area contributed by atoms with Crippen LogP contribution in [0.5, 0.6) is 0 Å². The van der Waals surface area contributed by atoms with E-state index in [4.69, 9.17) is 0 Å². The Labute approximate surface area is 177 Å². The van der Waals surface area contributed by atoms with Gasteiger partial charge in [0.2, 0.25) is 0 Å². The Bertz CT molecular complexity index is 1060. The Morgan fingerprint density at radius 3 is 2.69 bits per heavy atom. The molecule has 1 N–H and O–H groups in total. The maximum absolute atomic E-state index is 13.1. The quantitative estimate of drug-likeness (QED) is 0.642. The van der Waals surface area contributed by atoms with Gasteiger partial charge in [0, 0.05) is 30.2 Å². The van der Waals surface area contributed by atoms with Crippen molar-refractivity contribution < 1.29 is 9.59 Å². The molecule has 4 rings (SSSR count). The number of aryl methyl sites for hydroxylation is 2. The van der Waals surface area contributed by atoms with Crippen molar-refractivity contribution in [3.8, 4) is 0 Å². The van der Waals surface area contributed by atoms with Crippen molar-refractivity contribution in [2.24, 2.45) is 0 Å². The SMILES string of the molecule is Cc1ccc(NC(=O)c2cc3n(n2)CCCN(Cc2ccccc2)C3=O)c(Br)c1. The van der Waals surface area contributed by atoms with Crippen LogP contribution >= 0.6 is 15.9 Å². The highest BCUT2D eigenvalue weighted by atomic mass is 79.9. The Morgan fingerprint density at radius 1 is 1.14 bits per heavy atom. The first kappa shape index (κ1) is 19.4. The van der Waals surface area contributed by atoms with Crippen molar-refractivity contribution in [3.05, 3.63) is 81.6 Å². The molecule has 1 aliphatic rings. The molecule has 7 heteroatoms. The number of nitrogens with zero attached hydrogens (tertiary/aromatic N) is 3. The van der Waals surface area contributed by atoms with E-state index in [9.17, 15) is 9.59 Å². The average Bonchev–Trinajstić information content (AvgIpc) is 3.08. The third kappa shape index (κ3) is 4.24. The van der Waals surface area contributed by atoms with E-state index in [1.54, 1.807) is 10.7 Å². The Hall–Kier alpha value is -2.93. The van der Waals surface area contributed by atoms with Crippen molar-refractivity contribution in [2.45, 2.75) is 26.4 Å². The fourth-order valence-electron chi connectivity index (χ4n) is 3.41. The van der Waals surface area contributed by atoms with Gasteiger partial charge in [-0.05, 0) is 52.5 Å². The number of fused-ring (bicyclic) bond motifs is 1. The summed E-state index contributed by atoms with van der Waals surface area (Å²) in [4.78, 5) is 27.6. The number of nitrogens with one attached hydrogen (secondary N) is 1. The number of rotatable bonds is 4. The lowest BCUT2D eigenvalue weighted by Gasteiger charge is -2.20. The summed E-state index contributed by atoms with van der Waals surface area (Å²) in [5, 5.41) is 7.25. The van der Waals surface area contributed by atoms with Gasteiger partial charge in [-0.15, -0.1) is 0 Å². The third-order valence-corrected chi connectivity index (χ3v) is 5.56. The minimum atomic E-state index is -0.336. The van der Waals surface area contributed by atoms with Crippen molar-refractivity contribution >= 4 is 33.4 Å². The van der Waals surface area contributed by atoms with Gasteiger partial charge >= 0.3 is 0 Å². The summed E-state index contributed by atoms with van der Waals surface area (Å²) in [5.74, 6) is -0.438. The molecule has 148 valence electrons. The van der Waals surface area contributed by atoms with Gasteiger partial charge in [-0.2, -0.15) is 5.10 Å². The van der Waals surface area contributed by atoms with Crippen molar-refractivity contribution in [1.82, 2.24) is 14.7 Å². The van der Waals surface area contributed by atoms with E-state index in [1.165, 1.54) is 0 Å². The second kappa shape index (κ2) is 8.21. The van der Waals surface area contributed by atoms with Crippen LogP contribution in [0, 0.1) is 6.92 Å². The molecule has 0 spiro atoms. The van der Waals surface area contributed by atoms with E-state index >= 15 is 0 Å². The molecule has 0 unspecified atom stereocenters. The number of halogens is 1. The molecule has 0 saturated carbocycles. The van der Waals surface area contributed by atoms with Gasteiger partial charge in [-0.25, -0.2) is 0 Å². The van der Waals surface area contributed by atoms with E-state index in [1.807, 2.05) is 60.4 Å². The fourth-order valence-corrected chi connectivity index (χ4v) is 4.00. The highest BCUT2D eigenvalue weighted by Crippen LogP contribution is 2.24. The molecule has 0 aliphatic carbocycles. The second-order valence-corrected chi connectivity index (χ2v) is 8.00. The minimum Gasteiger partial charge on any atom is -0.333 e. The molecule has 6 nitrogen and oxygen atoms in total. The maximum atomic E-state index is 13.1. The number of aromatic nitrogens is 2. The molecule has 1 aliphatic heterocycles. The fraction of sp³-hybridized carbons (Fsp3) is 0.227. The second-order valence-electron chi connectivity index (χ2n) is 7.14. The van der Waals surface area contributed by atoms with Crippen LogP contribution in [0.15, 0.2) is 59.1 Å². The van der Waals surface area contributed by atoms with Crippen LogP contribution in [0.2, 0.25) is 0 Å². The molecule has 0 saturated heterocycles. The zero-order chi connectivity index (χ0) is 20.4. The van der Waals surface area contributed by atoms with Crippen molar-refractivity contribution in [2.75, 3.05) is 11.9 Å². The topological polar surface area (TPSA) is 67.2 Å². The van der Waals surface area contributed by atoms with Gasteiger partial charge in [0.1, 0.15) is 5.69 Å². The van der Waals surface area contributed by atoms with Gasteiger partial charge in [-0.1, -0.05) is 36.4 Å². The van der Waals surface area contributed by atoms with Gasteiger partial charge in [0.25, 0.3) is 11.8 Å². The number of amides is 2. The van der Waals surface area contributed by atoms with E-state index in [0.29, 0.717) is 31.0 Å². The maximum Gasteiger partial charge on any atom is 0.276 e. The van der Waals surface area contributed by atoms with E-state index in [0.717, 1.165) is 22.0 Å². The largest absolute Gasteiger partial charge is 0.333 e. The predicted octanol–water partition coefficient (Wildman–Crippen LogP) is 4.25. The van der Waals surface area contributed by atoms with Crippen LogP contribution in [-0.4, -0.2) is 33.0 Å². The molecule has 29 heavy (non-hydrogen) atoms. The summed E-state index contributed by atoms with van der Waals surface area (Å²) >= 11 is 3.46. The Kier molecular flexibility index (Phi) is 5.49. The summed E-state index contributed by atoms with van der Waals surface area (Å²) in [6.45, 7) is 3.79. The van der Waals surface area contributed by atoms with Crippen molar-refractivity contribution in [1.29, 1.82) is 0 Å². The first-order valence-electron chi connectivity index (χ1n) is 9.50. The van der Waals surface area contributed by atoms with Crippen LogP contribution in [0.4, 0.5) is 5.69 Å². The lowest BCUT2D eigenvalue weighted by molar-refractivity contribution is 0.0745. The van der Waals surface area contributed by atoms with Gasteiger partial charge in [0.15, 0.2) is 5.69 Å². The molecule has 2 aromatic carbocycles. The summed E-state index contributed by atoms with van der Waals surface area (Å²) in [6, 6.07) is 17.2. The molecule has 0 fully saturated rings. The van der Waals surface area contributed by atoms with E-state index < -0.39 is 0 Å². The monoisotopic (exact) mass is 452 g/mol. The highest BCUT2D eigenvalue weighted by molar-refractivity contribution is 9.10. The van der Waals surface area contributed by atoms with Crippen LogP contribution in [-0.2, 0) is 13.1 Å². The molecule has 2 amide bonds. The summed E-state index contributed by atoms with van der Waals surface area (Å²) in [5.41, 5.74) is 3.53. The highest BCUT2D eigenvalue weighted by Gasteiger charge is 2.26. The third-order valence-electron chi connectivity index (χ3n) is 4.91. The molecule has 0 radical (unpaired) electrons. The number of carbonyl (C=O) groups excluding carboxylic acids is 2. The molecule has 0 bridgehead atoms. The summed E-state index contributed by atoms with van der Waals surface area (Å²) < 4.78 is 2.45. The number of benzene rings is 2. The average molecular weight is 453 g/mol. The van der Waals surface area contributed by atoms with Crippen LogP contribution in [0.1, 0.15) is 38.5 Å². The number of hydrogen-bond donors (Lipinski definition) is 1.